The lowest BCUT2D eigenvalue weighted by atomic mass is 10.1. The predicted octanol–water partition coefficient (Wildman–Crippen LogP) is 4.01. The summed E-state index contributed by atoms with van der Waals surface area (Å²) < 4.78 is 15.0. The Hall–Kier alpha value is -3.79. The summed E-state index contributed by atoms with van der Waals surface area (Å²) in [6, 6.07) is 15.8. The maximum atomic E-state index is 12.5. The molecule has 29 heavy (non-hydrogen) atoms. The Bertz CT molecular complexity index is 932. The first-order chi connectivity index (χ1) is 14.0. The number of nitrogens with zero attached hydrogens (tertiary/aromatic N) is 1. The van der Waals surface area contributed by atoms with Crippen molar-refractivity contribution < 1.29 is 23.8 Å². The maximum absolute atomic E-state index is 12.5. The summed E-state index contributed by atoms with van der Waals surface area (Å²) in [5.74, 6) is -0.0550. The van der Waals surface area contributed by atoms with E-state index in [1.54, 1.807) is 19.1 Å². The molecule has 0 heterocycles. The smallest absolute Gasteiger partial charge is 0.493 e. The summed E-state index contributed by atoms with van der Waals surface area (Å²) in [6.07, 6.45) is 0.588. The van der Waals surface area contributed by atoms with Gasteiger partial charge in [-0.1, -0.05) is 36.4 Å². The number of ether oxygens (including phenoxy) is 3. The number of methoxy groups -OCH3 is 1. The van der Waals surface area contributed by atoms with Crippen molar-refractivity contribution in [2.24, 2.45) is 0 Å². The van der Waals surface area contributed by atoms with Crippen molar-refractivity contribution >= 4 is 18.1 Å². The maximum Gasteiger partial charge on any atom is 0.513 e. The minimum Gasteiger partial charge on any atom is -0.493 e. The van der Waals surface area contributed by atoms with Gasteiger partial charge in [0, 0.05) is 0 Å². The topological polar surface area (TPSA) is 97.7 Å². The molecule has 150 valence electrons. The van der Waals surface area contributed by atoms with Gasteiger partial charge in [-0.05, 0) is 43.2 Å². The van der Waals surface area contributed by atoms with Gasteiger partial charge >= 0.3 is 6.16 Å². The molecular formula is C22H22N2O5. The number of benzene rings is 2. The third-order valence-corrected chi connectivity index (χ3v) is 3.97. The first-order valence-corrected chi connectivity index (χ1v) is 8.98. The third-order valence-electron chi connectivity index (χ3n) is 3.97. The summed E-state index contributed by atoms with van der Waals surface area (Å²) in [7, 11) is 1.42. The van der Waals surface area contributed by atoms with Crippen LogP contribution in [0.2, 0.25) is 0 Å². The molecule has 0 aromatic heterocycles. The van der Waals surface area contributed by atoms with E-state index in [1.807, 2.05) is 43.3 Å². The van der Waals surface area contributed by atoms with Gasteiger partial charge in [-0.25, -0.2) is 4.79 Å². The number of carbonyl (C=O) groups is 2. The van der Waals surface area contributed by atoms with Gasteiger partial charge in [0.15, 0.2) is 11.5 Å². The highest BCUT2D eigenvalue weighted by molar-refractivity contribution is 6.01. The SMILES string of the molecule is CCOC(=O)Oc1ccc(/C=C(\C#N)C(=O)N[C@@H](C)c2ccccc2)cc1OC. The zero-order chi connectivity index (χ0) is 21.2. The first kappa shape index (κ1) is 21.5. The van der Waals surface area contributed by atoms with Crippen LogP contribution in [0, 0.1) is 11.3 Å². The Kier molecular flexibility index (Phi) is 7.80. The number of rotatable bonds is 7. The Morgan fingerprint density at radius 1 is 1.17 bits per heavy atom. The van der Waals surface area contributed by atoms with E-state index in [0.717, 1.165) is 5.56 Å². The van der Waals surface area contributed by atoms with E-state index in [1.165, 1.54) is 19.3 Å². The number of hydrogen-bond acceptors (Lipinski definition) is 6. The second-order valence-corrected chi connectivity index (χ2v) is 5.97. The molecule has 1 atom stereocenters. The average Bonchev–Trinajstić information content (AvgIpc) is 2.73. The van der Waals surface area contributed by atoms with Crippen LogP contribution in [0.15, 0.2) is 54.1 Å². The van der Waals surface area contributed by atoms with Gasteiger partial charge < -0.3 is 19.5 Å². The van der Waals surface area contributed by atoms with Crippen molar-refractivity contribution in [3.63, 3.8) is 0 Å². The molecule has 0 aliphatic rings. The van der Waals surface area contributed by atoms with Crippen molar-refractivity contribution in [3.8, 4) is 17.6 Å². The molecular weight excluding hydrogens is 372 g/mol. The highest BCUT2D eigenvalue weighted by atomic mass is 16.7. The third kappa shape index (κ3) is 6.11. The van der Waals surface area contributed by atoms with E-state index in [-0.39, 0.29) is 29.7 Å². The van der Waals surface area contributed by atoms with Crippen molar-refractivity contribution in [1.29, 1.82) is 5.26 Å². The highest BCUT2D eigenvalue weighted by Gasteiger charge is 2.15. The van der Waals surface area contributed by atoms with Gasteiger partial charge in [0.2, 0.25) is 0 Å². The zero-order valence-electron chi connectivity index (χ0n) is 16.5. The van der Waals surface area contributed by atoms with E-state index in [2.05, 4.69) is 5.32 Å². The fraction of sp³-hybridized carbons (Fsp3) is 0.227. The summed E-state index contributed by atoms with van der Waals surface area (Å²) in [5, 5.41) is 12.2. The summed E-state index contributed by atoms with van der Waals surface area (Å²) in [6.45, 7) is 3.69. The molecule has 0 unspecified atom stereocenters. The number of nitrogens with one attached hydrogen (secondary N) is 1. The average molecular weight is 394 g/mol. The molecule has 0 bridgehead atoms. The monoisotopic (exact) mass is 394 g/mol. The number of nitriles is 1. The van der Waals surface area contributed by atoms with Crippen LogP contribution in [-0.4, -0.2) is 25.8 Å². The lowest BCUT2D eigenvalue weighted by Crippen LogP contribution is -2.27. The Morgan fingerprint density at radius 2 is 1.90 bits per heavy atom. The van der Waals surface area contributed by atoms with Gasteiger partial charge in [-0.2, -0.15) is 5.26 Å². The van der Waals surface area contributed by atoms with Gasteiger partial charge in [0.1, 0.15) is 11.6 Å². The molecule has 1 amide bonds. The van der Waals surface area contributed by atoms with Gasteiger partial charge in [0.25, 0.3) is 5.91 Å². The second kappa shape index (κ2) is 10.5. The standard InChI is InChI=1S/C22H22N2O5/c1-4-28-22(26)29-19-11-10-16(13-20(19)27-3)12-18(14-23)21(25)24-15(2)17-8-6-5-7-9-17/h5-13,15H,4H2,1-3H3,(H,24,25)/b18-12+/t15-/m0/s1. The Balaban J connectivity index is 2.18. The molecule has 0 aliphatic carbocycles. The normalized spacial score (nSPS) is 11.7. The van der Waals surface area contributed by atoms with E-state index in [9.17, 15) is 14.9 Å². The molecule has 0 spiro atoms. The highest BCUT2D eigenvalue weighted by Crippen LogP contribution is 2.29. The van der Waals surface area contributed by atoms with Crippen LogP contribution in [0.3, 0.4) is 0 Å². The molecule has 0 aliphatic heterocycles. The van der Waals surface area contributed by atoms with Crippen LogP contribution in [0.1, 0.15) is 31.0 Å². The summed E-state index contributed by atoms with van der Waals surface area (Å²) in [4.78, 5) is 24.0. The number of amides is 1. The van der Waals surface area contributed by atoms with Crippen molar-refractivity contribution in [2.45, 2.75) is 19.9 Å². The molecule has 7 heteroatoms. The zero-order valence-corrected chi connectivity index (χ0v) is 16.5. The van der Waals surface area contributed by atoms with Crippen LogP contribution in [0.4, 0.5) is 4.79 Å². The first-order valence-electron chi connectivity index (χ1n) is 8.98. The van der Waals surface area contributed by atoms with Crippen LogP contribution >= 0.6 is 0 Å². The summed E-state index contributed by atoms with van der Waals surface area (Å²) >= 11 is 0. The van der Waals surface area contributed by atoms with Crippen LogP contribution in [0.25, 0.3) is 6.08 Å². The Morgan fingerprint density at radius 3 is 2.52 bits per heavy atom. The van der Waals surface area contributed by atoms with E-state index < -0.39 is 12.1 Å². The molecule has 0 saturated heterocycles. The molecule has 2 aromatic rings. The van der Waals surface area contributed by atoms with Gasteiger partial charge in [-0.3, -0.25) is 4.79 Å². The second-order valence-electron chi connectivity index (χ2n) is 5.97. The largest absolute Gasteiger partial charge is 0.513 e. The molecule has 2 aromatic carbocycles. The molecule has 0 radical (unpaired) electrons. The number of hydrogen-bond donors (Lipinski definition) is 1. The van der Waals surface area contributed by atoms with Crippen LogP contribution in [0.5, 0.6) is 11.5 Å². The quantitative estimate of drug-likeness (QED) is 0.330. The van der Waals surface area contributed by atoms with E-state index in [0.29, 0.717) is 5.56 Å². The fourth-order valence-corrected chi connectivity index (χ4v) is 2.51. The fourth-order valence-electron chi connectivity index (χ4n) is 2.51. The van der Waals surface area contributed by atoms with Crippen molar-refractivity contribution in [2.75, 3.05) is 13.7 Å². The molecule has 2 rings (SSSR count). The van der Waals surface area contributed by atoms with Crippen molar-refractivity contribution in [1.82, 2.24) is 5.32 Å². The molecule has 1 N–H and O–H groups in total. The van der Waals surface area contributed by atoms with E-state index >= 15 is 0 Å². The van der Waals surface area contributed by atoms with Gasteiger partial charge in [0.05, 0.1) is 19.8 Å². The summed E-state index contributed by atoms with van der Waals surface area (Å²) in [5.41, 5.74) is 1.41. The minimum absolute atomic E-state index is 0.0612. The van der Waals surface area contributed by atoms with Crippen LogP contribution in [-0.2, 0) is 9.53 Å². The minimum atomic E-state index is -0.846. The van der Waals surface area contributed by atoms with Crippen molar-refractivity contribution in [3.05, 3.63) is 65.2 Å². The number of carbonyl (C=O) groups excluding carboxylic acids is 2. The Labute approximate surface area is 169 Å². The molecule has 7 nitrogen and oxygen atoms in total. The van der Waals surface area contributed by atoms with E-state index in [4.69, 9.17) is 14.2 Å². The lowest BCUT2D eigenvalue weighted by Gasteiger charge is -2.14. The molecule has 0 fully saturated rings. The van der Waals surface area contributed by atoms with Crippen LogP contribution < -0.4 is 14.8 Å². The molecule has 0 saturated carbocycles. The lowest BCUT2D eigenvalue weighted by molar-refractivity contribution is -0.117. The predicted molar refractivity (Wildman–Crippen MR) is 107 cm³/mol. The van der Waals surface area contributed by atoms with Gasteiger partial charge in [-0.15, -0.1) is 0 Å².